The Kier molecular flexibility index (Phi) is 6.70. The number of carbonyl (C=O) groups is 1. The number of esters is 1. The van der Waals surface area contributed by atoms with Crippen molar-refractivity contribution in [3.8, 4) is 0 Å². The summed E-state index contributed by atoms with van der Waals surface area (Å²) >= 11 is 0. The normalized spacial score (nSPS) is 12.6. The lowest BCUT2D eigenvalue weighted by Gasteiger charge is -2.08. The minimum atomic E-state index is -0.198. The third-order valence-electron chi connectivity index (χ3n) is 1.50. The number of methoxy groups -OCH3 is 2. The largest absolute Gasteiger partial charge is 0.469 e. The highest BCUT2D eigenvalue weighted by Crippen LogP contribution is 2.03. The van der Waals surface area contributed by atoms with Gasteiger partial charge in [-0.25, -0.2) is 0 Å². The maximum atomic E-state index is 10.9. The Morgan fingerprint density at radius 1 is 1.42 bits per heavy atom. The molecule has 0 aromatic rings. The van der Waals surface area contributed by atoms with Crippen LogP contribution in [0.3, 0.4) is 0 Å². The van der Waals surface area contributed by atoms with Gasteiger partial charge in [0.25, 0.3) is 0 Å². The van der Waals surface area contributed by atoms with Crippen molar-refractivity contribution in [1.82, 2.24) is 0 Å². The molecule has 0 saturated carbocycles. The van der Waals surface area contributed by atoms with Crippen LogP contribution in [-0.4, -0.2) is 33.6 Å². The monoisotopic (exact) mass is 176 g/mol. The second kappa shape index (κ2) is 7.06. The summed E-state index contributed by atoms with van der Waals surface area (Å²) in [7, 11) is 2.94. The molecule has 0 bridgehead atoms. The van der Waals surface area contributed by atoms with Gasteiger partial charge in [0.15, 0.2) is 0 Å². The number of hydrogen-bond donors (Lipinski definition) is 0. The summed E-state index contributed by atoms with van der Waals surface area (Å²) in [5, 5.41) is 0. The van der Waals surface area contributed by atoms with Gasteiger partial charge in [-0.15, -0.1) is 0 Å². The minimum absolute atomic E-state index is 0.105. The van der Waals surface area contributed by atoms with Gasteiger partial charge < -0.3 is 14.2 Å². The molecule has 0 spiro atoms. The molecule has 0 aliphatic carbocycles. The van der Waals surface area contributed by atoms with Gasteiger partial charge in [0.05, 0.1) is 19.6 Å². The van der Waals surface area contributed by atoms with Crippen molar-refractivity contribution in [2.24, 2.45) is 5.92 Å². The molecule has 1 unspecified atom stereocenters. The van der Waals surface area contributed by atoms with E-state index < -0.39 is 0 Å². The Bertz CT molecular complexity index is 124. The summed E-state index contributed by atoms with van der Waals surface area (Å²) in [5.74, 6) is -0.303. The quantitative estimate of drug-likeness (QED) is 0.341. The van der Waals surface area contributed by atoms with E-state index in [2.05, 4.69) is 9.47 Å². The molecule has 0 N–H and O–H groups in total. The van der Waals surface area contributed by atoms with Crippen molar-refractivity contribution >= 4 is 5.97 Å². The highest BCUT2D eigenvalue weighted by Gasteiger charge is 2.11. The second-order valence-electron chi connectivity index (χ2n) is 2.53. The molecule has 0 aliphatic heterocycles. The van der Waals surface area contributed by atoms with Crippen LogP contribution >= 0.6 is 0 Å². The molecule has 4 heteroatoms. The van der Waals surface area contributed by atoms with Crippen LogP contribution in [0.25, 0.3) is 0 Å². The van der Waals surface area contributed by atoms with Gasteiger partial charge in [-0.2, -0.15) is 0 Å². The summed E-state index contributed by atoms with van der Waals surface area (Å²) in [5.41, 5.74) is 0. The lowest BCUT2D eigenvalue weighted by Crippen LogP contribution is -2.15. The predicted molar refractivity (Wildman–Crippen MR) is 43.6 cm³/mol. The van der Waals surface area contributed by atoms with E-state index in [9.17, 15) is 4.79 Å². The fourth-order valence-electron chi connectivity index (χ4n) is 0.721. The van der Waals surface area contributed by atoms with Crippen molar-refractivity contribution in [2.75, 3.05) is 27.6 Å². The fraction of sp³-hybridized carbons (Fsp3) is 0.875. The topological polar surface area (TPSA) is 44.8 Å². The summed E-state index contributed by atoms with van der Waals surface area (Å²) in [6.45, 7) is 2.60. The van der Waals surface area contributed by atoms with Crippen LogP contribution in [0.4, 0.5) is 0 Å². The average Bonchev–Trinajstić information content (AvgIpc) is 2.10. The van der Waals surface area contributed by atoms with E-state index >= 15 is 0 Å². The molecular weight excluding hydrogens is 160 g/mol. The lowest BCUT2D eigenvalue weighted by atomic mass is 10.1. The van der Waals surface area contributed by atoms with Gasteiger partial charge in [0.2, 0.25) is 0 Å². The van der Waals surface area contributed by atoms with Gasteiger partial charge in [-0.3, -0.25) is 4.79 Å². The first-order valence-electron chi connectivity index (χ1n) is 3.87. The van der Waals surface area contributed by atoms with Crippen molar-refractivity contribution in [3.63, 3.8) is 0 Å². The Hall–Kier alpha value is -0.610. The maximum Gasteiger partial charge on any atom is 0.308 e. The van der Waals surface area contributed by atoms with Crippen LogP contribution < -0.4 is 0 Å². The molecule has 0 aromatic heterocycles. The fourth-order valence-corrected chi connectivity index (χ4v) is 0.721. The molecule has 72 valence electrons. The lowest BCUT2D eigenvalue weighted by molar-refractivity contribution is -0.145. The van der Waals surface area contributed by atoms with Crippen molar-refractivity contribution in [2.45, 2.75) is 13.3 Å². The number of carbonyl (C=O) groups excluding carboxylic acids is 1. The standard InChI is InChI=1S/C8H16O4/c1-7(8(9)11-3)4-5-12-6-10-2/h7H,4-6H2,1-3H3. The Balaban J connectivity index is 3.31. The molecule has 0 fully saturated rings. The van der Waals surface area contributed by atoms with Crippen LogP contribution in [0.1, 0.15) is 13.3 Å². The van der Waals surface area contributed by atoms with Crippen LogP contribution in [0.5, 0.6) is 0 Å². The highest BCUT2D eigenvalue weighted by molar-refractivity contribution is 5.71. The van der Waals surface area contributed by atoms with E-state index in [0.29, 0.717) is 13.0 Å². The molecule has 0 amide bonds. The zero-order valence-electron chi connectivity index (χ0n) is 7.83. The third kappa shape index (κ3) is 5.09. The first-order valence-corrected chi connectivity index (χ1v) is 3.87. The molecule has 1 atom stereocenters. The third-order valence-corrected chi connectivity index (χ3v) is 1.50. The van der Waals surface area contributed by atoms with E-state index in [0.717, 1.165) is 0 Å². The zero-order valence-corrected chi connectivity index (χ0v) is 7.83. The van der Waals surface area contributed by atoms with E-state index in [1.807, 2.05) is 6.92 Å². The number of rotatable bonds is 6. The second-order valence-corrected chi connectivity index (χ2v) is 2.53. The van der Waals surface area contributed by atoms with Crippen molar-refractivity contribution in [3.05, 3.63) is 0 Å². The predicted octanol–water partition coefficient (Wildman–Crippen LogP) is 0.806. The minimum Gasteiger partial charge on any atom is -0.469 e. The van der Waals surface area contributed by atoms with Gasteiger partial charge in [0, 0.05) is 7.11 Å². The Morgan fingerprint density at radius 2 is 2.08 bits per heavy atom. The van der Waals surface area contributed by atoms with Gasteiger partial charge in [-0.1, -0.05) is 6.92 Å². The van der Waals surface area contributed by atoms with Gasteiger partial charge in [0.1, 0.15) is 6.79 Å². The van der Waals surface area contributed by atoms with Crippen molar-refractivity contribution < 1.29 is 19.0 Å². The van der Waals surface area contributed by atoms with E-state index in [-0.39, 0.29) is 18.7 Å². The van der Waals surface area contributed by atoms with E-state index in [1.54, 1.807) is 7.11 Å². The van der Waals surface area contributed by atoms with Gasteiger partial charge in [-0.05, 0) is 6.42 Å². The van der Waals surface area contributed by atoms with Gasteiger partial charge >= 0.3 is 5.97 Å². The molecule has 12 heavy (non-hydrogen) atoms. The molecular formula is C8H16O4. The zero-order chi connectivity index (χ0) is 9.40. The summed E-state index contributed by atoms with van der Waals surface area (Å²) in [6, 6.07) is 0. The van der Waals surface area contributed by atoms with E-state index in [1.165, 1.54) is 7.11 Å². The summed E-state index contributed by atoms with van der Waals surface area (Å²) < 4.78 is 14.2. The SMILES string of the molecule is COCOCCC(C)C(=O)OC. The molecule has 0 radical (unpaired) electrons. The molecule has 0 heterocycles. The van der Waals surface area contributed by atoms with Crippen LogP contribution in [0.15, 0.2) is 0 Å². The molecule has 0 aromatic carbocycles. The maximum absolute atomic E-state index is 10.9. The molecule has 0 saturated heterocycles. The molecule has 0 rings (SSSR count). The van der Waals surface area contributed by atoms with Crippen LogP contribution in [0.2, 0.25) is 0 Å². The van der Waals surface area contributed by atoms with Crippen molar-refractivity contribution in [1.29, 1.82) is 0 Å². The average molecular weight is 176 g/mol. The smallest absolute Gasteiger partial charge is 0.308 e. The summed E-state index contributed by atoms with van der Waals surface area (Å²) in [4.78, 5) is 10.9. The first kappa shape index (κ1) is 11.4. The Labute approximate surface area is 72.8 Å². The van der Waals surface area contributed by atoms with Crippen LogP contribution in [-0.2, 0) is 19.0 Å². The van der Waals surface area contributed by atoms with E-state index in [4.69, 9.17) is 4.74 Å². The molecule has 0 aliphatic rings. The highest BCUT2D eigenvalue weighted by atomic mass is 16.7. The molecule has 4 nitrogen and oxygen atoms in total. The number of ether oxygens (including phenoxy) is 3. The van der Waals surface area contributed by atoms with Crippen LogP contribution in [0, 0.1) is 5.92 Å². The number of hydrogen-bond acceptors (Lipinski definition) is 4. The summed E-state index contributed by atoms with van der Waals surface area (Å²) in [6.07, 6.45) is 0.663. The first-order chi connectivity index (χ1) is 5.72. The Morgan fingerprint density at radius 3 is 2.58 bits per heavy atom.